The number of aryl methyl sites for hydroxylation is 1. The molecule has 2 aliphatic rings. The van der Waals surface area contributed by atoms with E-state index in [2.05, 4.69) is 42.4 Å². The SMILES string of the molecule is CNC1(CN2Cc3ccc(C)cc3C2)CC1. The molecule has 0 amide bonds. The van der Waals surface area contributed by atoms with Crippen LogP contribution in [0.2, 0.25) is 0 Å². The molecule has 1 heterocycles. The first-order valence-electron chi connectivity index (χ1n) is 6.20. The molecule has 1 fully saturated rings. The number of hydrogen-bond acceptors (Lipinski definition) is 2. The standard InChI is InChI=1S/C14H20N2/c1-11-3-4-12-8-16(9-13(12)7-11)10-14(15-2)5-6-14/h3-4,7,15H,5-6,8-10H2,1-2H3. The van der Waals surface area contributed by atoms with Gasteiger partial charge in [0, 0.05) is 25.2 Å². The third-order valence-corrected chi connectivity index (χ3v) is 4.06. The number of fused-ring (bicyclic) bond motifs is 1. The van der Waals surface area contributed by atoms with Gasteiger partial charge >= 0.3 is 0 Å². The van der Waals surface area contributed by atoms with Gasteiger partial charge in [-0.15, -0.1) is 0 Å². The average molecular weight is 216 g/mol. The van der Waals surface area contributed by atoms with E-state index in [-0.39, 0.29) is 0 Å². The van der Waals surface area contributed by atoms with E-state index in [1.807, 2.05) is 0 Å². The van der Waals surface area contributed by atoms with Gasteiger partial charge in [-0.1, -0.05) is 23.8 Å². The Kier molecular flexibility index (Phi) is 2.30. The van der Waals surface area contributed by atoms with Gasteiger partial charge in [-0.3, -0.25) is 4.90 Å². The topological polar surface area (TPSA) is 15.3 Å². The molecule has 16 heavy (non-hydrogen) atoms. The molecule has 0 bridgehead atoms. The quantitative estimate of drug-likeness (QED) is 0.832. The summed E-state index contributed by atoms with van der Waals surface area (Å²) in [6, 6.07) is 6.87. The number of nitrogens with zero attached hydrogens (tertiary/aromatic N) is 1. The second-order valence-corrected chi connectivity index (χ2v) is 5.45. The van der Waals surface area contributed by atoms with Crippen LogP contribution in [0, 0.1) is 6.92 Å². The van der Waals surface area contributed by atoms with Crippen LogP contribution in [0.1, 0.15) is 29.5 Å². The van der Waals surface area contributed by atoms with Crippen molar-refractivity contribution in [3.05, 3.63) is 34.9 Å². The highest BCUT2D eigenvalue weighted by atomic mass is 15.2. The van der Waals surface area contributed by atoms with Crippen molar-refractivity contribution in [1.82, 2.24) is 10.2 Å². The first-order chi connectivity index (χ1) is 7.71. The Balaban J connectivity index is 1.71. The molecule has 1 saturated carbocycles. The Bertz CT molecular complexity index is 407. The van der Waals surface area contributed by atoms with E-state index in [0.717, 1.165) is 13.1 Å². The summed E-state index contributed by atoms with van der Waals surface area (Å²) in [5, 5.41) is 3.48. The van der Waals surface area contributed by atoms with Crippen molar-refractivity contribution in [2.24, 2.45) is 0 Å². The van der Waals surface area contributed by atoms with Crippen molar-refractivity contribution in [1.29, 1.82) is 0 Å². The Morgan fingerprint density at radius 1 is 1.25 bits per heavy atom. The number of benzene rings is 1. The molecular formula is C14H20N2. The average Bonchev–Trinajstić information content (AvgIpc) is 2.92. The van der Waals surface area contributed by atoms with Gasteiger partial charge in [-0.25, -0.2) is 0 Å². The third kappa shape index (κ3) is 1.76. The van der Waals surface area contributed by atoms with Gasteiger partial charge in [0.25, 0.3) is 0 Å². The number of nitrogens with one attached hydrogen (secondary N) is 1. The number of hydrogen-bond donors (Lipinski definition) is 1. The lowest BCUT2D eigenvalue weighted by Crippen LogP contribution is -2.39. The molecule has 0 unspecified atom stereocenters. The molecule has 0 aromatic heterocycles. The lowest BCUT2D eigenvalue weighted by molar-refractivity contribution is 0.243. The zero-order chi connectivity index (χ0) is 11.2. The van der Waals surface area contributed by atoms with Crippen LogP contribution in [-0.2, 0) is 13.1 Å². The van der Waals surface area contributed by atoms with Crippen LogP contribution >= 0.6 is 0 Å². The van der Waals surface area contributed by atoms with Gasteiger partial charge in [0.15, 0.2) is 0 Å². The smallest absolute Gasteiger partial charge is 0.0307 e. The molecule has 2 nitrogen and oxygen atoms in total. The molecule has 3 rings (SSSR count). The van der Waals surface area contributed by atoms with Crippen molar-refractivity contribution in [3.63, 3.8) is 0 Å². The molecule has 0 spiro atoms. The molecule has 1 aromatic rings. The second kappa shape index (κ2) is 3.57. The summed E-state index contributed by atoms with van der Waals surface area (Å²) in [6.07, 6.45) is 2.69. The summed E-state index contributed by atoms with van der Waals surface area (Å²) in [7, 11) is 2.10. The molecule has 1 N–H and O–H groups in total. The number of likely N-dealkylation sites (N-methyl/N-ethyl adjacent to an activating group) is 1. The molecule has 0 saturated heterocycles. The van der Waals surface area contributed by atoms with Crippen LogP contribution in [-0.4, -0.2) is 24.0 Å². The van der Waals surface area contributed by atoms with Crippen LogP contribution in [0.15, 0.2) is 18.2 Å². The first kappa shape index (κ1) is 10.3. The summed E-state index contributed by atoms with van der Waals surface area (Å²) in [5.74, 6) is 0. The summed E-state index contributed by atoms with van der Waals surface area (Å²) in [5.41, 5.74) is 4.89. The largest absolute Gasteiger partial charge is 0.313 e. The Hall–Kier alpha value is -0.860. The van der Waals surface area contributed by atoms with Crippen molar-refractivity contribution >= 4 is 0 Å². The highest BCUT2D eigenvalue weighted by Gasteiger charge is 2.42. The van der Waals surface area contributed by atoms with E-state index in [0.29, 0.717) is 5.54 Å². The molecule has 1 aliphatic carbocycles. The Morgan fingerprint density at radius 3 is 2.69 bits per heavy atom. The van der Waals surface area contributed by atoms with E-state index in [9.17, 15) is 0 Å². The molecular weight excluding hydrogens is 196 g/mol. The van der Waals surface area contributed by atoms with Crippen molar-refractivity contribution in [3.8, 4) is 0 Å². The molecule has 1 aromatic carbocycles. The third-order valence-electron chi connectivity index (χ3n) is 4.06. The fourth-order valence-electron chi connectivity index (χ4n) is 2.77. The normalized spacial score (nSPS) is 22.1. The lowest BCUT2D eigenvalue weighted by atomic mass is 10.1. The minimum absolute atomic E-state index is 0.442. The van der Waals surface area contributed by atoms with Crippen LogP contribution in [0.4, 0.5) is 0 Å². The second-order valence-electron chi connectivity index (χ2n) is 5.45. The summed E-state index contributed by atoms with van der Waals surface area (Å²) in [6.45, 7) is 5.66. The fourth-order valence-corrected chi connectivity index (χ4v) is 2.77. The predicted molar refractivity (Wildman–Crippen MR) is 66.3 cm³/mol. The maximum atomic E-state index is 3.48. The van der Waals surface area contributed by atoms with E-state index < -0.39 is 0 Å². The van der Waals surface area contributed by atoms with Gasteiger partial charge in [-0.2, -0.15) is 0 Å². The maximum absolute atomic E-state index is 3.48. The Labute approximate surface area is 97.6 Å². The minimum Gasteiger partial charge on any atom is -0.313 e. The highest BCUT2D eigenvalue weighted by molar-refractivity contribution is 5.34. The predicted octanol–water partition coefficient (Wildman–Crippen LogP) is 2.06. The van der Waals surface area contributed by atoms with Crippen molar-refractivity contribution < 1.29 is 0 Å². The monoisotopic (exact) mass is 216 g/mol. The minimum atomic E-state index is 0.442. The molecule has 86 valence electrons. The highest BCUT2D eigenvalue weighted by Crippen LogP contribution is 2.37. The Morgan fingerprint density at radius 2 is 2.00 bits per heavy atom. The summed E-state index contributed by atoms with van der Waals surface area (Å²) < 4.78 is 0. The van der Waals surface area contributed by atoms with Crippen LogP contribution in [0.3, 0.4) is 0 Å². The zero-order valence-corrected chi connectivity index (χ0v) is 10.2. The van der Waals surface area contributed by atoms with Gasteiger partial charge in [0.05, 0.1) is 0 Å². The summed E-state index contributed by atoms with van der Waals surface area (Å²) in [4.78, 5) is 2.58. The van der Waals surface area contributed by atoms with E-state index >= 15 is 0 Å². The van der Waals surface area contributed by atoms with E-state index in [1.54, 1.807) is 0 Å². The molecule has 1 aliphatic heterocycles. The van der Waals surface area contributed by atoms with Gasteiger partial charge in [-0.05, 0) is 37.9 Å². The van der Waals surface area contributed by atoms with Gasteiger partial charge in [0.2, 0.25) is 0 Å². The lowest BCUT2D eigenvalue weighted by Gasteiger charge is -2.22. The van der Waals surface area contributed by atoms with Crippen LogP contribution < -0.4 is 5.32 Å². The van der Waals surface area contributed by atoms with Crippen LogP contribution in [0.5, 0.6) is 0 Å². The molecule has 0 atom stereocenters. The van der Waals surface area contributed by atoms with E-state index in [4.69, 9.17) is 0 Å². The maximum Gasteiger partial charge on any atom is 0.0307 e. The van der Waals surface area contributed by atoms with E-state index in [1.165, 1.54) is 36.1 Å². The van der Waals surface area contributed by atoms with Crippen LogP contribution in [0.25, 0.3) is 0 Å². The molecule has 0 radical (unpaired) electrons. The zero-order valence-electron chi connectivity index (χ0n) is 10.2. The first-order valence-corrected chi connectivity index (χ1v) is 6.20. The summed E-state index contributed by atoms with van der Waals surface area (Å²) >= 11 is 0. The number of rotatable bonds is 3. The fraction of sp³-hybridized carbons (Fsp3) is 0.571. The van der Waals surface area contributed by atoms with Gasteiger partial charge < -0.3 is 5.32 Å². The molecule has 2 heteroatoms. The van der Waals surface area contributed by atoms with Crippen molar-refractivity contribution in [2.45, 2.75) is 38.4 Å². The van der Waals surface area contributed by atoms with Crippen molar-refractivity contribution in [2.75, 3.05) is 13.6 Å². The van der Waals surface area contributed by atoms with Gasteiger partial charge in [0.1, 0.15) is 0 Å².